The monoisotopic (exact) mass is 391 g/mol. The number of nitrogens with one attached hydrogen (secondary N) is 2. The summed E-state index contributed by atoms with van der Waals surface area (Å²) in [7, 11) is 0. The molecule has 0 spiro atoms. The van der Waals surface area contributed by atoms with Crippen LogP contribution in [-0.4, -0.2) is 36.0 Å². The molecular weight excluding hydrogens is 370 g/mol. The highest BCUT2D eigenvalue weighted by Crippen LogP contribution is 2.11. The molecule has 0 aliphatic rings. The van der Waals surface area contributed by atoms with Crippen molar-refractivity contribution in [3.8, 4) is 0 Å². The van der Waals surface area contributed by atoms with E-state index >= 15 is 0 Å². The molecule has 2 N–H and O–H groups in total. The number of aryl methyl sites for hydroxylation is 2. The number of carbonyl (C=O) groups is 1. The summed E-state index contributed by atoms with van der Waals surface area (Å²) < 4.78 is 5.03. The molecule has 0 atom stereocenters. The van der Waals surface area contributed by atoms with Gasteiger partial charge in [0.15, 0.2) is 0 Å². The molecule has 0 radical (unpaired) electrons. The topological polar surface area (TPSA) is 110 Å². The Morgan fingerprint density at radius 2 is 2.10 bits per heavy atom. The third-order valence-electron chi connectivity index (χ3n) is 4.76. The molecule has 4 heterocycles. The molecular formula is C20H21N7O2. The number of aromatic nitrogens is 5. The quantitative estimate of drug-likeness (QED) is 0.481. The van der Waals surface area contributed by atoms with Crippen molar-refractivity contribution in [1.29, 1.82) is 5.41 Å². The minimum atomic E-state index is -0.375. The summed E-state index contributed by atoms with van der Waals surface area (Å²) in [5.41, 5.74) is 0.848. The van der Waals surface area contributed by atoms with Crippen LogP contribution < -0.4 is 16.4 Å². The standard InChI is InChI=1S/C20H21N7O2/c1-2-23-19(28)14-12-15-18(24-16-6-3-4-9-26(16)20(15)29)27(17(14)21)10-5-8-25-11-7-22-13-25/h3-4,6-7,9,11-13,21H,2,5,8,10H2,1H3,(H,23,28). The average molecular weight is 391 g/mol. The van der Waals surface area contributed by atoms with Crippen molar-refractivity contribution >= 4 is 22.6 Å². The number of fused-ring (bicyclic) bond motifs is 2. The van der Waals surface area contributed by atoms with E-state index in [9.17, 15) is 9.59 Å². The lowest BCUT2D eigenvalue weighted by Crippen LogP contribution is -2.35. The normalized spacial score (nSPS) is 11.2. The van der Waals surface area contributed by atoms with Gasteiger partial charge >= 0.3 is 0 Å². The molecule has 0 bridgehead atoms. The van der Waals surface area contributed by atoms with Gasteiger partial charge in [0.2, 0.25) is 0 Å². The van der Waals surface area contributed by atoms with Crippen molar-refractivity contribution < 1.29 is 4.79 Å². The summed E-state index contributed by atoms with van der Waals surface area (Å²) >= 11 is 0. The average Bonchev–Trinajstić information content (AvgIpc) is 3.23. The van der Waals surface area contributed by atoms with E-state index in [1.807, 2.05) is 23.8 Å². The molecule has 0 aliphatic heterocycles. The second-order valence-electron chi connectivity index (χ2n) is 6.65. The van der Waals surface area contributed by atoms with Gasteiger partial charge in [-0.15, -0.1) is 0 Å². The van der Waals surface area contributed by atoms with Gasteiger partial charge in [0, 0.05) is 38.2 Å². The first-order valence-electron chi connectivity index (χ1n) is 9.43. The molecule has 4 aromatic rings. The predicted molar refractivity (Wildman–Crippen MR) is 108 cm³/mol. The molecule has 148 valence electrons. The van der Waals surface area contributed by atoms with Gasteiger partial charge in [-0.2, -0.15) is 0 Å². The van der Waals surface area contributed by atoms with Crippen LogP contribution in [0.1, 0.15) is 23.7 Å². The summed E-state index contributed by atoms with van der Waals surface area (Å²) in [5.74, 6) is -0.375. The lowest BCUT2D eigenvalue weighted by Gasteiger charge is -2.14. The van der Waals surface area contributed by atoms with Crippen molar-refractivity contribution in [2.75, 3.05) is 6.54 Å². The van der Waals surface area contributed by atoms with Gasteiger partial charge < -0.3 is 14.5 Å². The van der Waals surface area contributed by atoms with Gasteiger partial charge in [-0.25, -0.2) is 9.97 Å². The Morgan fingerprint density at radius 1 is 1.24 bits per heavy atom. The van der Waals surface area contributed by atoms with Crippen molar-refractivity contribution in [2.24, 2.45) is 0 Å². The number of carbonyl (C=O) groups excluding carboxylic acids is 1. The molecule has 0 unspecified atom stereocenters. The number of nitrogens with zero attached hydrogens (tertiary/aromatic N) is 5. The molecule has 4 rings (SSSR count). The number of rotatable bonds is 6. The molecule has 29 heavy (non-hydrogen) atoms. The van der Waals surface area contributed by atoms with Crippen LogP contribution in [-0.2, 0) is 13.1 Å². The summed E-state index contributed by atoms with van der Waals surface area (Å²) in [4.78, 5) is 34.2. The molecule has 0 saturated heterocycles. The molecule has 0 aromatic carbocycles. The molecule has 9 nitrogen and oxygen atoms in total. The van der Waals surface area contributed by atoms with E-state index in [0.29, 0.717) is 42.7 Å². The van der Waals surface area contributed by atoms with E-state index in [1.165, 1.54) is 10.5 Å². The van der Waals surface area contributed by atoms with Gasteiger partial charge in [0.1, 0.15) is 16.8 Å². The van der Waals surface area contributed by atoms with Crippen molar-refractivity contribution in [3.05, 3.63) is 70.6 Å². The number of imidazole rings is 1. The minimum absolute atomic E-state index is 0.0428. The van der Waals surface area contributed by atoms with Crippen LogP contribution in [0.15, 0.2) is 54.0 Å². The van der Waals surface area contributed by atoms with Crippen LogP contribution in [0, 0.1) is 5.41 Å². The molecule has 1 amide bonds. The Kier molecular flexibility index (Phi) is 4.94. The molecule has 9 heteroatoms. The third-order valence-corrected chi connectivity index (χ3v) is 4.76. The minimum Gasteiger partial charge on any atom is -0.352 e. The Balaban J connectivity index is 1.89. The molecule has 0 aliphatic carbocycles. The number of amides is 1. The maximum atomic E-state index is 13.0. The summed E-state index contributed by atoms with van der Waals surface area (Å²) in [6, 6.07) is 6.79. The third kappa shape index (κ3) is 3.42. The van der Waals surface area contributed by atoms with Crippen LogP contribution in [0.25, 0.3) is 16.7 Å². The Labute approximate surface area is 165 Å². The fraction of sp³-hybridized carbons (Fsp3) is 0.250. The first-order valence-corrected chi connectivity index (χ1v) is 9.43. The second-order valence-corrected chi connectivity index (χ2v) is 6.65. The predicted octanol–water partition coefficient (Wildman–Crippen LogP) is 1.17. The zero-order valence-electron chi connectivity index (χ0n) is 16.0. The highest BCUT2D eigenvalue weighted by Gasteiger charge is 2.17. The molecule has 0 fully saturated rings. The maximum absolute atomic E-state index is 13.0. The highest BCUT2D eigenvalue weighted by atomic mass is 16.1. The van der Waals surface area contributed by atoms with Gasteiger partial charge in [-0.1, -0.05) is 6.07 Å². The van der Waals surface area contributed by atoms with Gasteiger partial charge in [0.05, 0.1) is 17.3 Å². The first-order chi connectivity index (χ1) is 14.1. The van der Waals surface area contributed by atoms with E-state index in [2.05, 4.69) is 15.3 Å². The van der Waals surface area contributed by atoms with Gasteiger partial charge in [-0.3, -0.25) is 19.4 Å². The van der Waals surface area contributed by atoms with Crippen LogP contribution in [0.5, 0.6) is 0 Å². The van der Waals surface area contributed by atoms with Crippen molar-refractivity contribution in [1.82, 2.24) is 28.8 Å². The number of hydrogen-bond donors (Lipinski definition) is 2. The highest BCUT2D eigenvalue weighted by molar-refractivity contribution is 5.96. The molecule has 4 aromatic heterocycles. The second kappa shape index (κ2) is 7.70. The first kappa shape index (κ1) is 18.6. The van der Waals surface area contributed by atoms with Gasteiger partial charge in [-0.05, 0) is 31.5 Å². The van der Waals surface area contributed by atoms with Crippen molar-refractivity contribution in [2.45, 2.75) is 26.4 Å². The SMILES string of the molecule is CCNC(=O)c1cc2c(=O)n3ccccc3nc2n(CCCn2ccnc2)c1=N. The van der Waals surface area contributed by atoms with Crippen LogP contribution in [0.4, 0.5) is 0 Å². The Hall–Kier alpha value is -3.75. The molecule has 0 saturated carbocycles. The largest absolute Gasteiger partial charge is 0.352 e. The van der Waals surface area contributed by atoms with E-state index in [-0.39, 0.29) is 22.5 Å². The van der Waals surface area contributed by atoms with Crippen LogP contribution in [0.3, 0.4) is 0 Å². The van der Waals surface area contributed by atoms with Crippen LogP contribution in [0.2, 0.25) is 0 Å². The maximum Gasteiger partial charge on any atom is 0.267 e. The van der Waals surface area contributed by atoms with E-state index in [1.54, 1.807) is 35.4 Å². The fourth-order valence-corrected chi connectivity index (χ4v) is 3.36. The van der Waals surface area contributed by atoms with Crippen LogP contribution >= 0.6 is 0 Å². The number of hydrogen-bond acceptors (Lipinski definition) is 5. The lowest BCUT2D eigenvalue weighted by atomic mass is 10.2. The van der Waals surface area contributed by atoms with E-state index in [0.717, 1.165) is 0 Å². The van der Waals surface area contributed by atoms with Gasteiger partial charge in [0.25, 0.3) is 11.5 Å². The zero-order chi connectivity index (χ0) is 20.4. The van der Waals surface area contributed by atoms with E-state index < -0.39 is 0 Å². The summed E-state index contributed by atoms with van der Waals surface area (Å²) in [6.07, 6.45) is 7.65. The lowest BCUT2D eigenvalue weighted by molar-refractivity contribution is 0.0953. The summed E-state index contributed by atoms with van der Waals surface area (Å²) in [6.45, 7) is 3.39. The number of pyridine rings is 2. The Bertz CT molecular complexity index is 1300. The Morgan fingerprint density at radius 3 is 2.86 bits per heavy atom. The summed E-state index contributed by atoms with van der Waals surface area (Å²) in [5, 5.41) is 11.6. The zero-order valence-corrected chi connectivity index (χ0v) is 16.0. The smallest absolute Gasteiger partial charge is 0.267 e. The van der Waals surface area contributed by atoms with E-state index in [4.69, 9.17) is 5.41 Å². The fourth-order valence-electron chi connectivity index (χ4n) is 3.36. The van der Waals surface area contributed by atoms with Crippen molar-refractivity contribution in [3.63, 3.8) is 0 Å².